The Morgan fingerprint density at radius 1 is 0.812 bits per heavy atom. The van der Waals surface area contributed by atoms with Crippen molar-refractivity contribution in [2.75, 3.05) is 28.4 Å². The highest BCUT2D eigenvalue weighted by Crippen LogP contribution is 2.45. The number of rotatable bonds is 12. The van der Waals surface area contributed by atoms with Crippen LogP contribution >= 0.6 is 11.6 Å². The molecule has 17 nitrogen and oxygen atoms in total. The number of fused-ring (bicyclic) bond motifs is 6. The van der Waals surface area contributed by atoms with Gasteiger partial charge in [-0.2, -0.15) is 0 Å². The van der Waals surface area contributed by atoms with E-state index in [9.17, 15) is 19.2 Å². The number of aromatic amines is 2. The maximum atomic E-state index is 14.2. The van der Waals surface area contributed by atoms with Crippen LogP contribution in [0.15, 0.2) is 42.5 Å². The molecule has 2 fully saturated rings. The van der Waals surface area contributed by atoms with E-state index in [0.29, 0.717) is 48.4 Å². The molecule has 2 aromatic heterocycles. The van der Waals surface area contributed by atoms with E-state index < -0.39 is 42.5 Å². The van der Waals surface area contributed by atoms with Crippen LogP contribution in [0.3, 0.4) is 0 Å². The zero-order valence-electron chi connectivity index (χ0n) is 37.2. The third-order valence-electron chi connectivity index (χ3n) is 13.2. The molecular weight excluding hydrogens is 844 g/mol. The van der Waals surface area contributed by atoms with Gasteiger partial charge < -0.3 is 54.1 Å². The Kier molecular flexibility index (Phi) is 12.8. The average Bonchev–Trinajstić information content (AvgIpc) is 4.11. The van der Waals surface area contributed by atoms with Crippen molar-refractivity contribution in [2.45, 2.75) is 115 Å². The van der Waals surface area contributed by atoms with Crippen molar-refractivity contribution in [2.24, 2.45) is 0 Å². The molecule has 0 radical (unpaired) electrons. The highest BCUT2D eigenvalue weighted by Gasteiger charge is 2.44. The van der Waals surface area contributed by atoms with E-state index in [1.807, 2.05) is 49.9 Å². The van der Waals surface area contributed by atoms with E-state index in [-0.39, 0.29) is 29.9 Å². The van der Waals surface area contributed by atoms with Crippen LogP contribution in [-0.2, 0) is 35.1 Å². The minimum Gasteiger partial charge on any atom is -0.488 e. The van der Waals surface area contributed by atoms with Crippen molar-refractivity contribution < 1.29 is 42.9 Å². The van der Waals surface area contributed by atoms with Crippen LogP contribution in [0.2, 0.25) is 5.15 Å². The standard InChI is InChI=1S/C46H55ClN8O9/c1-9-34(61-6)39(52-46(59)63-8)44(57)55-23(3)10-16-32(55)41-48-31-15-13-25-19-30-28-14-12-26(18-27(28)21-64-35(30)20-29(25)38(31)50-41)37-40(47)53-42(49-37)33-17-11-22(2)54(33)43(56)36(24(4)60-5)51-45(58)62-7/h12-15,18-20,22-24,32-34,36,39H,9-11,16-17,21H2,1-8H3,(H,48,50)(H,49,53)(H,51,58)(H,52,59)/t22-,23-,24+,32-,33-,34+,36-,39-/m0/s1. The normalized spacial score (nSPS) is 21.1. The summed E-state index contributed by atoms with van der Waals surface area (Å²) >= 11 is 6.86. The van der Waals surface area contributed by atoms with Gasteiger partial charge in [0.05, 0.1) is 49.5 Å². The van der Waals surface area contributed by atoms with Crippen LogP contribution in [0.1, 0.15) is 89.1 Å². The molecule has 0 bridgehead atoms. The molecule has 0 unspecified atom stereocenters. The van der Waals surface area contributed by atoms with Crippen molar-refractivity contribution >= 4 is 57.4 Å². The molecule has 340 valence electrons. The van der Waals surface area contributed by atoms with Gasteiger partial charge >= 0.3 is 12.2 Å². The molecule has 8 atom stereocenters. The Labute approximate surface area is 375 Å². The van der Waals surface area contributed by atoms with E-state index in [2.05, 4.69) is 38.8 Å². The Balaban J connectivity index is 1.06. The topological polar surface area (TPSA) is 202 Å². The average molecular weight is 899 g/mol. The minimum atomic E-state index is -0.967. The lowest BCUT2D eigenvalue weighted by Crippen LogP contribution is -2.55. The van der Waals surface area contributed by atoms with Gasteiger partial charge in [-0.1, -0.05) is 36.7 Å². The smallest absolute Gasteiger partial charge is 0.407 e. The zero-order valence-corrected chi connectivity index (χ0v) is 38.0. The van der Waals surface area contributed by atoms with Crippen LogP contribution < -0.4 is 15.4 Å². The number of methoxy groups -OCH3 is 4. The summed E-state index contributed by atoms with van der Waals surface area (Å²) in [6.45, 7) is 7.91. The summed E-state index contributed by atoms with van der Waals surface area (Å²) in [4.78, 5) is 73.1. The third kappa shape index (κ3) is 8.09. The molecule has 3 aliphatic rings. The molecule has 4 amide bonds. The van der Waals surface area contributed by atoms with Crippen molar-refractivity contribution in [3.63, 3.8) is 0 Å². The fraction of sp³-hybridized carbons (Fsp3) is 0.478. The highest BCUT2D eigenvalue weighted by molar-refractivity contribution is 6.32. The number of alkyl carbamates (subject to hydrolysis) is 2. The molecule has 8 rings (SSSR count). The first-order chi connectivity index (χ1) is 30.8. The molecule has 0 saturated carbocycles. The van der Waals surface area contributed by atoms with Crippen molar-refractivity contribution in [1.29, 1.82) is 0 Å². The van der Waals surface area contributed by atoms with Crippen LogP contribution in [-0.4, -0.2) is 119 Å². The summed E-state index contributed by atoms with van der Waals surface area (Å²) in [5, 5.41) is 7.57. The molecule has 2 saturated heterocycles. The Morgan fingerprint density at radius 2 is 1.45 bits per heavy atom. The van der Waals surface area contributed by atoms with E-state index >= 15 is 0 Å². The number of carbonyl (C=O) groups is 4. The van der Waals surface area contributed by atoms with Gasteiger partial charge in [0.25, 0.3) is 0 Å². The van der Waals surface area contributed by atoms with Crippen molar-refractivity contribution in [3.8, 4) is 28.1 Å². The number of hydrogen-bond donors (Lipinski definition) is 4. The lowest BCUT2D eigenvalue weighted by Gasteiger charge is -2.34. The molecule has 0 spiro atoms. The molecule has 4 N–H and O–H groups in total. The molecule has 64 heavy (non-hydrogen) atoms. The number of amides is 4. The lowest BCUT2D eigenvalue weighted by atomic mass is 9.92. The maximum Gasteiger partial charge on any atom is 0.407 e. The fourth-order valence-corrected chi connectivity index (χ4v) is 9.89. The number of nitrogens with one attached hydrogen (secondary N) is 4. The first kappa shape index (κ1) is 44.7. The number of benzene rings is 3. The predicted octanol–water partition coefficient (Wildman–Crippen LogP) is 7.33. The summed E-state index contributed by atoms with van der Waals surface area (Å²) in [6, 6.07) is 11.4. The van der Waals surface area contributed by atoms with Crippen LogP contribution in [0, 0.1) is 0 Å². The molecular formula is C46H55ClN8O9. The summed E-state index contributed by atoms with van der Waals surface area (Å²) in [5.74, 6) is 1.39. The number of halogens is 1. The fourth-order valence-electron chi connectivity index (χ4n) is 9.64. The minimum absolute atomic E-state index is 0.0930. The maximum absolute atomic E-state index is 14.2. The largest absolute Gasteiger partial charge is 0.488 e. The number of aromatic nitrogens is 4. The molecule has 3 aliphatic heterocycles. The van der Waals surface area contributed by atoms with Crippen molar-refractivity contribution in [1.82, 2.24) is 40.4 Å². The van der Waals surface area contributed by atoms with E-state index in [1.54, 1.807) is 11.8 Å². The highest BCUT2D eigenvalue weighted by atomic mass is 35.5. The third-order valence-corrected chi connectivity index (χ3v) is 13.4. The lowest BCUT2D eigenvalue weighted by molar-refractivity contribution is -0.140. The van der Waals surface area contributed by atoms with Crippen LogP contribution in [0.4, 0.5) is 9.59 Å². The Hall–Kier alpha value is -5.91. The van der Waals surface area contributed by atoms with Gasteiger partial charge in [-0.25, -0.2) is 19.6 Å². The number of nitrogens with zero attached hydrogens (tertiary/aromatic N) is 4. The second-order valence-electron chi connectivity index (χ2n) is 16.8. The van der Waals surface area contributed by atoms with Gasteiger partial charge in [-0.15, -0.1) is 0 Å². The van der Waals surface area contributed by atoms with Gasteiger partial charge in [-0.3, -0.25) is 9.59 Å². The number of hydrogen-bond acceptors (Lipinski definition) is 11. The number of carbonyl (C=O) groups excluding carboxylic acids is 4. The van der Waals surface area contributed by atoms with Gasteiger partial charge in [0.2, 0.25) is 11.8 Å². The van der Waals surface area contributed by atoms with Gasteiger partial charge in [0.15, 0.2) is 0 Å². The summed E-state index contributed by atoms with van der Waals surface area (Å²) in [5.41, 5.74) is 5.86. The molecule has 18 heteroatoms. The number of H-pyrrole nitrogens is 2. The van der Waals surface area contributed by atoms with Crippen LogP contribution in [0.5, 0.6) is 5.75 Å². The zero-order chi connectivity index (χ0) is 45.6. The molecule has 5 aromatic rings. The van der Waals surface area contributed by atoms with Crippen LogP contribution in [0.25, 0.3) is 44.2 Å². The number of ether oxygens (including phenoxy) is 5. The second-order valence-corrected chi connectivity index (χ2v) is 17.2. The molecule has 3 aromatic carbocycles. The molecule has 5 heterocycles. The van der Waals surface area contributed by atoms with E-state index in [1.165, 1.54) is 28.4 Å². The second kappa shape index (κ2) is 18.3. The van der Waals surface area contributed by atoms with E-state index in [0.717, 1.165) is 62.7 Å². The Morgan fingerprint density at radius 3 is 2.08 bits per heavy atom. The predicted molar refractivity (Wildman–Crippen MR) is 239 cm³/mol. The van der Waals surface area contributed by atoms with Crippen molar-refractivity contribution in [3.05, 3.63) is 64.8 Å². The number of imidazole rings is 2. The summed E-state index contributed by atoms with van der Waals surface area (Å²) in [6.07, 6.45) is 0.790. The van der Waals surface area contributed by atoms with Gasteiger partial charge in [0.1, 0.15) is 46.9 Å². The van der Waals surface area contributed by atoms with Gasteiger partial charge in [0, 0.05) is 42.8 Å². The first-order valence-electron chi connectivity index (χ1n) is 21.7. The number of likely N-dealkylation sites (tertiary alicyclic amines) is 2. The Bertz CT molecular complexity index is 2590. The monoisotopic (exact) mass is 898 g/mol. The SMILES string of the molecule is CC[C@@H](OC)[C@H](NC(=O)OC)C(=O)N1[C@@H](C)CC[C@H]1c1nc2c(ccc3cc4c(cc32)OCc2cc(-c3nc([C@@H]5CC[C@H](C)N5C(=O)[C@@H](NC(=O)OC)[C@@H](C)OC)[nH]c3Cl)ccc2-4)[nH]1. The summed E-state index contributed by atoms with van der Waals surface area (Å²) < 4.78 is 27.2. The summed E-state index contributed by atoms with van der Waals surface area (Å²) in [7, 11) is 5.53. The first-order valence-corrected chi connectivity index (χ1v) is 22.0. The quantitative estimate of drug-likeness (QED) is 0.0977. The molecule has 0 aliphatic carbocycles. The van der Waals surface area contributed by atoms with E-state index in [4.69, 9.17) is 45.3 Å². The van der Waals surface area contributed by atoms with Gasteiger partial charge in [-0.05, 0) is 93.7 Å².